The molecule has 1 aliphatic rings. The fraction of sp³-hybridized carbons (Fsp3) is 0.368. The van der Waals surface area contributed by atoms with Gasteiger partial charge in [0.25, 0.3) is 5.89 Å². The maximum atomic E-state index is 5.95. The van der Waals surface area contributed by atoms with Gasteiger partial charge < -0.3 is 4.42 Å². The molecule has 1 saturated heterocycles. The first-order chi connectivity index (χ1) is 12.2. The van der Waals surface area contributed by atoms with Crippen molar-refractivity contribution in [2.24, 2.45) is 0 Å². The van der Waals surface area contributed by atoms with Crippen LogP contribution in [0.3, 0.4) is 0 Å². The largest absolute Gasteiger partial charge is 0.420 e. The maximum absolute atomic E-state index is 5.95. The summed E-state index contributed by atoms with van der Waals surface area (Å²) in [5.41, 5.74) is 1.30. The Bertz CT molecular complexity index is 834. The summed E-state index contributed by atoms with van der Waals surface area (Å²) in [6.07, 6.45) is 2.11. The number of aromatic nitrogens is 2. The topological polar surface area (TPSA) is 42.2 Å². The van der Waals surface area contributed by atoms with E-state index in [1.54, 1.807) is 11.3 Å². The van der Waals surface area contributed by atoms with Gasteiger partial charge in [0.1, 0.15) is 0 Å². The van der Waals surface area contributed by atoms with Crippen molar-refractivity contribution >= 4 is 22.9 Å². The van der Waals surface area contributed by atoms with Crippen LogP contribution in [0.4, 0.5) is 0 Å². The Kier molecular flexibility index (Phi) is 4.88. The molecule has 3 heterocycles. The van der Waals surface area contributed by atoms with Crippen molar-refractivity contribution < 1.29 is 4.42 Å². The Balaban J connectivity index is 1.35. The average Bonchev–Trinajstić information content (AvgIpc) is 3.27. The molecule has 0 N–H and O–H groups in total. The van der Waals surface area contributed by atoms with E-state index in [1.165, 1.54) is 10.4 Å². The molecular formula is C19H20ClN3OS. The van der Waals surface area contributed by atoms with Crippen LogP contribution < -0.4 is 0 Å². The lowest BCUT2D eigenvalue weighted by atomic mass is 9.96. The van der Waals surface area contributed by atoms with Gasteiger partial charge in [-0.25, -0.2) is 0 Å². The zero-order valence-corrected chi connectivity index (χ0v) is 15.7. The Labute approximate surface area is 156 Å². The van der Waals surface area contributed by atoms with Crippen LogP contribution in [0.5, 0.6) is 0 Å². The highest BCUT2D eigenvalue weighted by Crippen LogP contribution is 2.32. The second kappa shape index (κ2) is 7.28. The van der Waals surface area contributed by atoms with Gasteiger partial charge in [-0.2, -0.15) is 0 Å². The average molecular weight is 374 g/mol. The van der Waals surface area contributed by atoms with Gasteiger partial charge in [0.2, 0.25) is 5.89 Å². The third-order valence-electron chi connectivity index (χ3n) is 4.65. The van der Waals surface area contributed by atoms with Gasteiger partial charge in [-0.3, -0.25) is 4.90 Å². The van der Waals surface area contributed by atoms with Gasteiger partial charge in [-0.05, 0) is 62.7 Å². The van der Waals surface area contributed by atoms with E-state index in [1.807, 2.05) is 18.2 Å². The third kappa shape index (κ3) is 3.94. The van der Waals surface area contributed by atoms with E-state index in [9.17, 15) is 0 Å². The van der Waals surface area contributed by atoms with Crippen molar-refractivity contribution in [1.29, 1.82) is 0 Å². The van der Waals surface area contributed by atoms with Gasteiger partial charge in [0, 0.05) is 22.4 Å². The summed E-state index contributed by atoms with van der Waals surface area (Å²) in [7, 11) is 0. The molecule has 1 fully saturated rings. The Morgan fingerprint density at radius 1 is 1.12 bits per heavy atom. The molecule has 4 rings (SSSR count). The first kappa shape index (κ1) is 16.8. The van der Waals surface area contributed by atoms with Crippen LogP contribution in [-0.4, -0.2) is 28.2 Å². The lowest BCUT2D eigenvalue weighted by Gasteiger charge is -2.30. The normalized spacial score (nSPS) is 16.4. The van der Waals surface area contributed by atoms with Crippen LogP contribution in [0, 0.1) is 6.92 Å². The number of thiophene rings is 1. The first-order valence-electron chi connectivity index (χ1n) is 8.54. The van der Waals surface area contributed by atoms with Crippen LogP contribution in [-0.2, 0) is 6.54 Å². The predicted molar refractivity (Wildman–Crippen MR) is 101 cm³/mol. The highest BCUT2D eigenvalue weighted by atomic mass is 35.5. The van der Waals surface area contributed by atoms with Crippen molar-refractivity contribution in [3.05, 3.63) is 57.8 Å². The molecule has 0 spiro atoms. The zero-order chi connectivity index (χ0) is 17.2. The molecular weight excluding hydrogens is 354 g/mol. The van der Waals surface area contributed by atoms with Crippen molar-refractivity contribution in [1.82, 2.24) is 15.1 Å². The summed E-state index contributed by atoms with van der Waals surface area (Å²) in [6.45, 7) is 5.14. The van der Waals surface area contributed by atoms with Gasteiger partial charge in [-0.1, -0.05) is 23.7 Å². The van der Waals surface area contributed by atoms with Crippen LogP contribution in [0.25, 0.3) is 10.8 Å². The lowest BCUT2D eigenvalue weighted by molar-refractivity contribution is 0.193. The summed E-state index contributed by atoms with van der Waals surface area (Å²) >= 11 is 7.64. The SMILES string of the molecule is Cc1ccc(-c2nnc(C3CCN(Cc4ccc(Cl)cc4)CC3)o2)s1. The summed E-state index contributed by atoms with van der Waals surface area (Å²) in [6, 6.07) is 12.2. The van der Waals surface area contributed by atoms with Gasteiger partial charge >= 0.3 is 0 Å². The first-order valence-corrected chi connectivity index (χ1v) is 9.74. The second-order valence-corrected chi connectivity index (χ2v) is 8.26. The quantitative estimate of drug-likeness (QED) is 0.635. The number of hydrogen-bond acceptors (Lipinski definition) is 5. The number of piperidine rings is 1. The molecule has 1 aliphatic heterocycles. The fourth-order valence-electron chi connectivity index (χ4n) is 3.23. The Morgan fingerprint density at radius 3 is 2.56 bits per heavy atom. The number of aryl methyl sites for hydroxylation is 1. The van der Waals surface area contributed by atoms with Gasteiger partial charge in [-0.15, -0.1) is 21.5 Å². The van der Waals surface area contributed by atoms with E-state index in [-0.39, 0.29) is 0 Å². The van der Waals surface area contributed by atoms with E-state index in [0.717, 1.165) is 48.3 Å². The number of benzene rings is 1. The molecule has 130 valence electrons. The predicted octanol–water partition coefficient (Wildman–Crippen LogP) is 5.14. The molecule has 6 heteroatoms. The molecule has 0 atom stereocenters. The molecule has 0 aliphatic carbocycles. The van der Waals surface area contributed by atoms with E-state index in [0.29, 0.717) is 11.8 Å². The Hall–Kier alpha value is -1.69. The molecule has 4 nitrogen and oxygen atoms in total. The van der Waals surface area contributed by atoms with Crippen LogP contribution in [0.2, 0.25) is 5.02 Å². The fourth-order valence-corrected chi connectivity index (χ4v) is 4.15. The number of likely N-dealkylation sites (tertiary alicyclic amines) is 1. The monoisotopic (exact) mass is 373 g/mol. The molecule has 0 radical (unpaired) electrons. The minimum absolute atomic E-state index is 0.365. The molecule has 1 aromatic carbocycles. The minimum atomic E-state index is 0.365. The van der Waals surface area contributed by atoms with Crippen molar-refractivity contribution in [2.75, 3.05) is 13.1 Å². The highest BCUT2D eigenvalue weighted by molar-refractivity contribution is 7.15. The van der Waals surface area contributed by atoms with Crippen molar-refractivity contribution in [3.63, 3.8) is 0 Å². The highest BCUT2D eigenvalue weighted by Gasteiger charge is 2.25. The minimum Gasteiger partial charge on any atom is -0.420 e. The van der Waals surface area contributed by atoms with Crippen LogP contribution in [0.15, 0.2) is 40.8 Å². The maximum Gasteiger partial charge on any atom is 0.257 e. The molecule has 0 unspecified atom stereocenters. The van der Waals surface area contributed by atoms with Crippen LogP contribution >= 0.6 is 22.9 Å². The van der Waals surface area contributed by atoms with Crippen molar-refractivity contribution in [3.8, 4) is 10.8 Å². The number of nitrogens with zero attached hydrogens (tertiary/aromatic N) is 3. The van der Waals surface area contributed by atoms with Crippen LogP contribution in [0.1, 0.15) is 35.1 Å². The van der Waals surface area contributed by atoms with E-state index >= 15 is 0 Å². The molecule has 0 amide bonds. The van der Waals surface area contributed by atoms with E-state index in [2.05, 4.69) is 40.2 Å². The summed E-state index contributed by atoms with van der Waals surface area (Å²) < 4.78 is 5.94. The molecule has 25 heavy (non-hydrogen) atoms. The molecule has 2 aromatic heterocycles. The standard InChI is InChI=1S/C19H20ClN3OS/c1-13-2-7-17(25-13)19-22-21-18(24-19)15-8-10-23(11-9-15)12-14-3-5-16(20)6-4-14/h2-7,15H,8-12H2,1H3. The number of halogens is 1. The van der Waals surface area contributed by atoms with Gasteiger partial charge in [0.15, 0.2) is 0 Å². The summed E-state index contributed by atoms with van der Waals surface area (Å²) in [4.78, 5) is 4.78. The molecule has 0 bridgehead atoms. The van der Waals surface area contributed by atoms with E-state index < -0.39 is 0 Å². The molecule has 0 saturated carbocycles. The number of rotatable bonds is 4. The molecule has 3 aromatic rings. The van der Waals surface area contributed by atoms with Crippen molar-refractivity contribution in [2.45, 2.75) is 32.2 Å². The summed E-state index contributed by atoms with van der Waals surface area (Å²) in [5, 5.41) is 9.33. The van der Waals surface area contributed by atoms with Gasteiger partial charge in [0.05, 0.1) is 4.88 Å². The second-order valence-electron chi connectivity index (χ2n) is 6.53. The Morgan fingerprint density at radius 2 is 1.88 bits per heavy atom. The van der Waals surface area contributed by atoms with E-state index in [4.69, 9.17) is 16.0 Å². The smallest absolute Gasteiger partial charge is 0.257 e. The third-order valence-corrected chi connectivity index (χ3v) is 5.89. The lowest BCUT2D eigenvalue weighted by Crippen LogP contribution is -2.32. The zero-order valence-electron chi connectivity index (χ0n) is 14.1. The number of hydrogen-bond donors (Lipinski definition) is 0. The summed E-state index contributed by atoms with van der Waals surface area (Å²) in [5.74, 6) is 1.80.